The van der Waals surface area contributed by atoms with Crippen molar-refractivity contribution in [3.63, 3.8) is 0 Å². The fraction of sp³-hybridized carbons (Fsp3) is 0.667. The van der Waals surface area contributed by atoms with Crippen LogP contribution in [0.4, 0.5) is 0 Å². The van der Waals surface area contributed by atoms with Gasteiger partial charge in [-0.15, -0.1) is 0 Å². The number of aliphatic hydroxyl groups excluding tert-OH is 11. The molecule has 0 radical (unpaired) electrons. The normalized spacial score (nSPS) is 25.9. The molecule has 12 N–H and O–H groups in total. The average molecular weight is 1570 g/mol. The number of hydrogen-bond donors (Lipinski definition) is 12. The van der Waals surface area contributed by atoms with Crippen LogP contribution in [0.2, 0.25) is 0 Å². The monoisotopic (exact) mass is 1570 g/mol. The lowest BCUT2D eigenvalue weighted by atomic mass is 9.96. The summed E-state index contributed by atoms with van der Waals surface area (Å²) < 4.78 is 34.4. The molecule has 0 aromatic rings. The molecule has 19 heteroatoms. The summed E-state index contributed by atoms with van der Waals surface area (Å²) in [5.41, 5.74) is 0. The predicted octanol–water partition coefficient (Wildman–Crippen LogP) is 15.9. The lowest BCUT2D eigenvalue weighted by Crippen LogP contribution is -2.66. The van der Waals surface area contributed by atoms with E-state index in [0.717, 1.165) is 116 Å². The van der Waals surface area contributed by atoms with Crippen LogP contribution in [0.5, 0.6) is 0 Å². The molecule has 3 aliphatic heterocycles. The van der Waals surface area contributed by atoms with Crippen molar-refractivity contribution in [1.29, 1.82) is 0 Å². The van der Waals surface area contributed by atoms with Gasteiger partial charge < -0.3 is 89.9 Å². The average Bonchev–Trinajstić information content (AvgIpc) is 0.780. The quantitative estimate of drug-likeness (QED) is 0.0199. The third-order valence-electron chi connectivity index (χ3n) is 19.9. The zero-order valence-corrected chi connectivity index (χ0v) is 68.3. The van der Waals surface area contributed by atoms with E-state index < -0.39 is 131 Å². The highest BCUT2D eigenvalue weighted by atomic mass is 16.8. The summed E-state index contributed by atoms with van der Waals surface area (Å²) in [5, 5.41) is 121. The molecule has 3 heterocycles. The van der Waals surface area contributed by atoms with E-state index in [1.807, 2.05) is 6.08 Å². The number of nitrogens with one attached hydrogen (secondary N) is 1. The number of hydrogen-bond acceptors (Lipinski definition) is 18. The Balaban J connectivity index is 1.39. The van der Waals surface area contributed by atoms with E-state index in [-0.39, 0.29) is 12.3 Å². The van der Waals surface area contributed by atoms with Gasteiger partial charge in [0.05, 0.1) is 38.6 Å². The SMILES string of the molecule is CC/C=C\C/C=C\C/C=C\C/C=C\C/C=C\C/C=C\C/C=C\C/C=C\C/C=C\C/C=C\C/C=C\C/C=C\CCCCC(=O)NC(COC1OC(CO)C(OC2OC(CO)C(OC3OC(CO)C(O)C(O)C3O)C(O)C2O)C(O)C1O)C(O)/C=C/CC/C=C/CC/C=C/CCCCCCCCCCCCCCCCCCCC. The number of rotatable bonds is 66. The van der Waals surface area contributed by atoms with Crippen LogP contribution >= 0.6 is 0 Å². The summed E-state index contributed by atoms with van der Waals surface area (Å²) in [7, 11) is 0. The zero-order chi connectivity index (χ0) is 81.0. The molecule has 636 valence electrons. The Bertz CT molecular complexity index is 2740. The first kappa shape index (κ1) is 101. The molecule has 19 nitrogen and oxygen atoms in total. The molecule has 0 aliphatic carbocycles. The van der Waals surface area contributed by atoms with Crippen LogP contribution in [0.1, 0.15) is 264 Å². The van der Waals surface area contributed by atoms with Gasteiger partial charge in [-0.1, -0.05) is 305 Å². The summed E-state index contributed by atoms with van der Waals surface area (Å²) >= 11 is 0. The number of carbonyl (C=O) groups is 1. The predicted molar refractivity (Wildman–Crippen MR) is 451 cm³/mol. The smallest absolute Gasteiger partial charge is 0.220 e. The van der Waals surface area contributed by atoms with Gasteiger partial charge in [-0.2, -0.15) is 0 Å². The van der Waals surface area contributed by atoms with Crippen molar-refractivity contribution in [1.82, 2.24) is 5.32 Å². The number of amides is 1. The molecule has 0 aromatic carbocycles. The topological polar surface area (TPSA) is 307 Å². The second-order valence-electron chi connectivity index (χ2n) is 29.5. The zero-order valence-electron chi connectivity index (χ0n) is 68.3. The number of unbranched alkanes of at least 4 members (excludes halogenated alkanes) is 22. The van der Waals surface area contributed by atoms with Gasteiger partial charge in [0.1, 0.15) is 73.2 Å². The van der Waals surface area contributed by atoms with E-state index in [9.17, 15) is 61.0 Å². The van der Waals surface area contributed by atoms with Gasteiger partial charge in [-0.25, -0.2) is 0 Å². The number of carbonyl (C=O) groups excluding carboxylic acids is 1. The minimum absolute atomic E-state index is 0.164. The van der Waals surface area contributed by atoms with Gasteiger partial charge in [0, 0.05) is 6.42 Å². The Morgan fingerprint density at radius 2 is 0.625 bits per heavy atom. The number of aliphatic hydroxyl groups is 11. The largest absolute Gasteiger partial charge is 0.394 e. The van der Waals surface area contributed by atoms with Crippen LogP contribution in [-0.2, 0) is 33.2 Å². The maximum atomic E-state index is 13.5. The van der Waals surface area contributed by atoms with E-state index in [4.69, 9.17) is 28.4 Å². The molecule has 3 saturated heterocycles. The van der Waals surface area contributed by atoms with Gasteiger partial charge in [0.2, 0.25) is 5.91 Å². The van der Waals surface area contributed by atoms with Crippen molar-refractivity contribution in [2.75, 3.05) is 26.4 Å². The third-order valence-corrected chi connectivity index (χ3v) is 19.9. The van der Waals surface area contributed by atoms with Crippen molar-refractivity contribution in [2.24, 2.45) is 0 Å². The molecule has 0 spiro atoms. The maximum Gasteiger partial charge on any atom is 0.220 e. The molecule has 0 saturated carbocycles. The first-order valence-electron chi connectivity index (χ1n) is 43.0. The van der Waals surface area contributed by atoms with Crippen molar-refractivity contribution in [2.45, 2.75) is 369 Å². The van der Waals surface area contributed by atoms with E-state index in [1.54, 1.807) is 6.08 Å². The third kappa shape index (κ3) is 48.4. The highest BCUT2D eigenvalue weighted by Gasteiger charge is 2.54. The van der Waals surface area contributed by atoms with E-state index in [0.29, 0.717) is 12.8 Å². The standard InChI is InChI=1S/C93H151NO18/c1-3-5-7-9-11-13-15-17-19-21-23-25-27-29-31-33-34-35-36-37-38-39-40-41-42-43-45-47-49-51-53-55-57-59-61-63-65-67-69-71-81(99)94-76(77(98)70-68-66-64-62-60-58-56-54-52-50-48-46-44-32-30-28-26-24-22-20-18-16-14-12-10-8-6-4-2)75-107-91-87(105)84(102)89(79(73-96)109-91)112-93-88(106)85(103)90(80(74-97)110-93)111-92-86(104)83(101)82(100)78(72-95)108-92/h5,7,11,13,17,19,23,25,29,31,34-35,37-38,40-41,43,45,49,51-52,54-55,57,60-63,68,70,76-80,82-93,95-98,100-106H,3-4,6,8-10,12,14-16,18,20-22,24,26-28,30,32-33,36,39,42,44,46-48,50,53,56,58-59,64-67,69,71-75H2,1-2H3,(H,94,99)/b7-5-,13-11-,19-17-,25-23-,31-29-,35-34-,38-37-,41-40-,45-43-,51-49-,54-52+,57-55-,62-60+,63-61-,70-68+. The number of ether oxygens (including phenoxy) is 6. The van der Waals surface area contributed by atoms with Crippen LogP contribution in [-0.4, -0.2) is 193 Å². The van der Waals surface area contributed by atoms with Crippen LogP contribution in [0, 0.1) is 0 Å². The Labute approximate surface area is 674 Å². The molecular weight excluding hydrogens is 1420 g/mol. The van der Waals surface area contributed by atoms with Gasteiger partial charge in [-0.05, 0) is 135 Å². The van der Waals surface area contributed by atoms with Gasteiger partial charge in [-0.3, -0.25) is 4.79 Å². The molecule has 0 bridgehead atoms. The van der Waals surface area contributed by atoms with E-state index in [2.05, 4.69) is 189 Å². The lowest BCUT2D eigenvalue weighted by Gasteiger charge is -2.48. The summed E-state index contributed by atoms with van der Waals surface area (Å²) in [4.78, 5) is 13.5. The molecule has 17 unspecified atom stereocenters. The van der Waals surface area contributed by atoms with Crippen molar-refractivity contribution in [3.05, 3.63) is 182 Å². The van der Waals surface area contributed by atoms with Crippen LogP contribution in [0.3, 0.4) is 0 Å². The van der Waals surface area contributed by atoms with Gasteiger partial charge in [0.15, 0.2) is 18.9 Å². The highest BCUT2D eigenvalue weighted by Crippen LogP contribution is 2.33. The van der Waals surface area contributed by atoms with Crippen LogP contribution < -0.4 is 5.32 Å². The Hall–Kier alpha value is -5.11. The molecule has 1 amide bonds. The molecule has 3 aliphatic rings. The summed E-state index contributed by atoms with van der Waals surface area (Å²) in [6.07, 6.45) is 80.3. The molecular formula is C93H151NO18. The Morgan fingerprint density at radius 1 is 0.330 bits per heavy atom. The van der Waals surface area contributed by atoms with Crippen molar-refractivity contribution < 1.29 is 89.4 Å². The first-order valence-corrected chi connectivity index (χ1v) is 43.0. The van der Waals surface area contributed by atoms with Crippen molar-refractivity contribution >= 4 is 5.91 Å². The highest BCUT2D eigenvalue weighted by molar-refractivity contribution is 5.76. The maximum absolute atomic E-state index is 13.5. The van der Waals surface area contributed by atoms with Crippen LogP contribution in [0.25, 0.3) is 0 Å². The number of allylic oxidation sites excluding steroid dienone is 29. The summed E-state index contributed by atoms with van der Waals surface area (Å²) in [5.74, 6) is -0.338. The molecule has 3 rings (SSSR count). The fourth-order valence-corrected chi connectivity index (χ4v) is 13.1. The first-order chi connectivity index (χ1) is 54.8. The molecule has 17 atom stereocenters. The second kappa shape index (κ2) is 70.1. The minimum atomic E-state index is -2.00. The fourth-order valence-electron chi connectivity index (χ4n) is 13.1. The summed E-state index contributed by atoms with van der Waals surface area (Å²) in [6, 6.07) is -1.04. The second-order valence-corrected chi connectivity index (χ2v) is 29.5. The minimum Gasteiger partial charge on any atom is -0.394 e. The summed E-state index contributed by atoms with van der Waals surface area (Å²) in [6.45, 7) is 1.56. The Kier molecular flexibility index (Phi) is 63.3. The molecule has 112 heavy (non-hydrogen) atoms. The van der Waals surface area contributed by atoms with E-state index >= 15 is 0 Å². The Morgan fingerprint density at radius 3 is 1.00 bits per heavy atom. The van der Waals surface area contributed by atoms with Gasteiger partial charge in [0.25, 0.3) is 0 Å². The van der Waals surface area contributed by atoms with Crippen molar-refractivity contribution in [3.8, 4) is 0 Å². The lowest BCUT2D eigenvalue weighted by molar-refractivity contribution is -0.379. The van der Waals surface area contributed by atoms with Gasteiger partial charge >= 0.3 is 0 Å². The molecule has 0 aromatic heterocycles. The van der Waals surface area contributed by atoms with E-state index in [1.165, 1.54) is 116 Å². The van der Waals surface area contributed by atoms with Crippen LogP contribution in [0.15, 0.2) is 182 Å². The molecule has 3 fully saturated rings.